The van der Waals surface area contributed by atoms with E-state index in [9.17, 15) is 0 Å². The molecule has 0 heterocycles. The quantitative estimate of drug-likeness (QED) is 0.222. The van der Waals surface area contributed by atoms with Gasteiger partial charge in [-0.1, -0.05) is 54.6 Å². The number of fused-ring (bicyclic) bond motifs is 2. The molecule has 0 aliphatic heterocycles. The molecule has 2 N–H and O–H groups in total. The molecular formula is C21H15N. The molecule has 0 spiro atoms. The fraction of sp³-hybridized carbons (Fsp3) is 0.0476. The number of hydrogen-bond acceptors (Lipinski definition) is 1. The van der Waals surface area contributed by atoms with Crippen molar-refractivity contribution in [3.8, 4) is 0 Å². The molecule has 0 aliphatic rings. The summed E-state index contributed by atoms with van der Waals surface area (Å²) in [4.78, 5) is 0. The van der Waals surface area contributed by atoms with Crippen LogP contribution in [-0.2, 0) is 0 Å². The van der Waals surface area contributed by atoms with Crippen LogP contribution in [0.15, 0.2) is 60.7 Å². The minimum Gasteiger partial charge on any atom is -0.398 e. The van der Waals surface area contributed by atoms with Crippen molar-refractivity contribution in [1.29, 1.82) is 0 Å². The Morgan fingerprint density at radius 3 is 2.32 bits per heavy atom. The van der Waals surface area contributed by atoms with Gasteiger partial charge in [0.15, 0.2) is 0 Å². The molecule has 0 amide bonds. The molecule has 0 bridgehead atoms. The van der Waals surface area contributed by atoms with E-state index in [1.807, 2.05) is 0 Å². The van der Waals surface area contributed by atoms with E-state index < -0.39 is 0 Å². The Hall–Kier alpha value is -2.80. The van der Waals surface area contributed by atoms with Crippen LogP contribution in [0.2, 0.25) is 0 Å². The first-order valence-corrected chi connectivity index (χ1v) is 7.60. The highest BCUT2D eigenvalue weighted by atomic mass is 14.6. The number of nitrogens with two attached hydrogens (primary N) is 1. The maximum Gasteiger partial charge on any atom is 0.0430 e. The van der Waals surface area contributed by atoms with Crippen LogP contribution in [0.5, 0.6) is 0 Å². The molecule has 1 heteroatoms. The summed E-state index contributed by atoms with van der Waals surface area (Å²) in [5.74, 6) is 0. The van der Waals surface area contributed by atoms with Gasteiger partial charge in [-0.2, -0.15) is 0 Å². The fourth-order valence-electron chi connectivity index (χ4n) is 3.85. The van der Waals surface area contributed by atoms with Crippen molar-refractivity contribution >= 4 is 48.8 Å². The topological polar surface area (TPSA) is 26.0 Å². The molecule has 0 atom stereocenters. The Morgan fingerprint density at radius 2 is 1.41 bits per heavy atom. The maximum absolute atomic E-state index is 6.49. The summed E-state index contributed by atoms with van der Waals surface area (Å²) < 4.78 is 0. The van der Waals surface area contributed by atoms with Crippen molar-refractivity contribution in [3.63, 3.8) is 0 Å². The van der Waals surface area contributed by atoms with Crippen LogP contribution in [0.3, 0.4) is 0 Å². The second kappa shape index (κ2) is 3.89. The van der Waals surface area contributed by atoms with Gasteiger partial charge in [-0.25, -0.2) is 0 Å². The van der Waals surface area contributed by atoms with E-state index in [0.717, 1.165) is 5.69 Å². The lowest BCUT2D eigenvalue weighted by molar-refractivity contribution is 1.56. The molecule has 0 fully saturated rings. The van der Waals surface area contributed by atoms with Crippen LogP contribution in [-0.4, -0.2) is 0 Å². The summed E-state index contributed by atoms with van der Waals surface area (Å²) in [6.45, 7) is 2.13. The van der Waals surface area contributed by atoms with Gasteiger partial charge >= 0.3 is 0 Å². The van der Waals surface area contributed by atoms with Crippen molar-refractivity contribution in [2.24, 2.45) is 0 Å². The molecule has 0 saturated heterocycles. The summed E-state index contributed by atoms with van der Waals surface area (Å²) in [5, 5.41) is 10.2. The average Bonchev–Trinajstić information content (AvgIpc) is 2.57. The monoisotopic (exact) mass is 281 g/mol. The van der Waals surface area contributed by atoms with Crippen molar-refractivity contribution in [2.75, 3.05) is 5.73 Å². The summed E-state index contributed by atoms with van der Waals surface area (Å²) in [7, 11) is 0. The molecule has 0 saturated carbocycles. The van der Waals surface area contributed by atoms with Crippen molar-refractivity contribution in [3.05, 3.63) is 66.2 Å². The third kappa shape index (κ3) is 1.29. The summed E-state index contributed by atoms with van der Waals surface area (Å²) >= 11 is 0. The van der Waals surface area contributed by atoms with E-state index in [2.05, 4.69) is 67.6 Å². The normalized spacial score (nSPS) is 12.0. The summed E-state index contributed by atoms with van der Waals surface area (Å²) in [6.07, 6.45) is 0. The highest BCUT2D eigenvalue weighted by Crippen LogP contribution is 2.42. The van der Waals surface area contributed by atoms with Gasteiger partial charge in [0.25, 0.3) is 0 Å². The Morgan fingerprint density at radius 1 is 0.636 bits per heavy atom. The molecule has 5 aromatic carbocycles. The van der Waals surface area contributed by atoms with E-state index in [-0.39, 0.29) is 0 Å². The van der Waals surface area contributed by atoms with Gasteiger partial charge in [-0.15, -0.1) is 0 Å². The lowest BCUT2D eigenvalue weighted by Gasteiger charge is -2.17. The molecule has 104 valence electrons. The van der Waals surface area contributed by atoms with Crippen LogP contribution in [0.4, 0.5) is 5.69 Å². The zero-order valence-corrected chi connectivity index (χ0v) is 12.4. The lowest BCUT2D eigenvalue weighted by Crippen LogP contribution is -1.95. The highest BCUT2D eigenvalue weighted by molar-refractivity contribution is 6.31. The van der Waals surface area contributed by atoms with Crippen LogP contribution in [0, 0.1) is 6.92 Å². The van der Waals surface area contributed by atoms with E-state index in [0.29, 0.717) is 0 Å². The zero-order chi connectivity index (χ0) is 14.8. The summed E-state index contributed by atoms with van der Waals surface area (Å²) in [5.41, 5.74) is 8.58. The minimum atomic E-state index is 0.905. The number of nitrogen functional groups attached to an aromatic ring is 1. The standard InChI is InChI=1S/C21H15N/c1-12-15-8-4-6-13-9-10-17-16-7-3-2-5-14(16)11-18(21(12)22)20(17)19(13)15/h2-11H,22H2,1H3. The molecule has 0 aliphatic carbocycles. The largest absolute Gasteiger partial charge is 0.398 e. The van der Waals surface area contributed by atoms with Gasteiger partial charge in [0, 0.05) is 16.5 Å². The molecule has 5 rings (SSSR count). The smallest absolute Gasteiger partial charge is 0.0430 e. The Bertz CT molecular complexity index is 1180. The first-order chi connectivity index (χ1) is 10.8. The highest BCUT2D eigenvalue weighted by Gasteiger charge is 2.15. The van der Waals surface area contributed by atoms with Gasteiger partial charge in [0.2, 0.25) is 0 Å². The summed E-state index contributed by atoms with van der Waals surface area (Å²) in [6, 6.07) is 21.7. The van der Waals surface area contributed by atoms with Gasteiger partial charge < -0.3 is 5.73 Å². The Labute approximate surface area is 128 Å². The molecule has 5 aromatic rings. The molecule has 0 aromatic heterocycles. The second-order valence-electron chi connectivity index (χ2n) is 6.08. The van der Waals surface area contributed by atoms with E-state index in [1.165, 1.54) is 48.7 Å². The van der Waals surface area contributed by atoms with Crippen LogP contribution < -0.4 is 5.73 Å². The van der Waals surface area contributed by atoms with Gasteiger partial charge in [0.05, 0.1) is 0 Å². The molecule has 0 radical (unpaired) electrons. The first kappa shape index (κ1) is 11.8. The predicted molar refractivity (Wildman–Crippen MR) is 96.8 cm³/mol. The molecule has 0 unspecified atom stereocenters. The molecule has 1 nitrogen and oxygen atoms in total. The maximum atomic E-state index is 6.49. The fourth-order valence-corrected chi connectivity index (χ4v) is 3.85. The SMILES string of the molecule is Cc1c(N)c2cc3ccccc3c3ccc4cccc1c4c23. The molecular weight excluding hydrogens is 266 g/mol. The zero-order valence-electron chi connectivity index (χ0n) is 12.4. The number of rotatable bonds is 0. The van der Waals surface area contributed by atoms with Gasteiger partial charge in [-0.05, 0) is 50.9 Å². The third-order valence-electron chi connectivity index (χ3n) is 4.96. The molecule has 22 heavy (non-hydrogen) atoms. The van der Waals surface area contributed by atoms with E-state index in [4.69, 9.17) is 5.73 Å². The Balaban J connectivity index is 2.26. The lowest BCUT2D eigenvalue weighted by atomic mass is 9.88. The van der Waals surface area contributed by atoms with Crippen LogP contribution >= 0.6 is 0 Å². The van der Waals surface area contributed by atoms with Gasteiger partial charge in [-0.3, -0.25) is 0 Å². The minimum absolute atomic E-state index is 0.905. The van der Waals surface area contributed by atoms with Crippen LogP contribution in [0.25, 0.3) is 43.1 Å². The van der Waals surface area contributed by atoms with Crippen LogP contribution in [0.1, 0.15) is 5.56 Å². The number of hydrogen-bond donors (Lipinski definition) is 1. The van der Waals surface area contributed by atoms with Gasteiger partial charge in [0.1, 0.15) is 0 Å². The number of benzene rings is 5. The first-order valence-electron chi connectivity index (χ1n) is 7.60. The van der Waals surface area contributed by atoms with Crippen molar-refractivity contribution in [1.82, 2.24) is 0 Å². The third-order valence-corrected chi connectivity index (χ3v) is 4.96. The number of aryl methyl sites for hydroxylation is 1. The average molecular weight is 281 g/mol. The number of anilines is 1. The van der Waals surface area contributed by atoms with Crippen molar-refractivity contribution in [2.45, 2.75) is 6.92 Å². The van der Waals surface area contributed by atoms with E-state index >= 15 is 0 Å². The second-order valence-corrected chi connectivity index (χ2v) is 6.08. The van der Waals surface area contributed by atoms with E-state index in [1.54, 1.807) is 0 Å². The van der Waals surface area contributed by atoms with Crippen molar-refractivity contribution < 1.29 is 0 Å². The predicted octanol–water partition coefficient (Wildman–Crippen LogP) is 5.63. The Kier molecular flexibility index (Phi) is 2.09.